The molecule has 4 heteroatoms. The van der Waals surface area contributed by atoms with E-state index in [9.17, 15) is 10.2 Å². The van der Waals surface area contributed by atoms with Gasteiger partial charge in [0.2, 0.25) is 0 Å². The second kappa shape index (κ2) is 5.81. The normalized spacial score (nSPS) is 12.5. The summed E-state index contributed by atoms with van der Waals surface area (Å²) < 4.78 is 0.365. The van der Waals surface area contributed by atoms with E-state index in [0.717, 1.165) is 19.6 Å². The Morgan fingerprint density at radius 2 is 1.23 bits per heavy atom. The molecule has 0 radical (unpaired) electrons. The van der Waals surface area contributed by atoms with Gasteiger partial charge in [0.1, 0.15) is 0 Å². The largest absolute Gasteiger partial charge is 1.00 e. The minimum absolute atomic E-state index is 0. The highest BCUT2D eigenvalue weighted by molar-refractivity contribution is 4.50. The second-order valence-corrected chi connectivity index (χ2v) is 3.22. The highest BCUT2D eigenvalue weighted by Crippen LogP contribution is 2.22. The summed E-state index contributed by atoms with van der Waals surface area (Å²) >= 11 is 0. The SMILES string of the molecule is CCC(O)(O)[N+](CC)(CC)CC.[Cl-]. The van der Waals surface area contributed by atoms with E-state index in [1.54, 1.807) is 6.92 Å². The van der Waals surface area contributed by atoms with Crippen LogP contribution < -0.4 is 12.4 Å². The quantitative estimate of drug-likeness (QED) is 0.405. The zero-order chi connectivity index (χ0) is 9.83. The number of hydrogen-bond acceptors (Lipinski definition) is 2. The summed E-state index contributed by atoms with van der Waals surface area (Å²) in [4.78, 5) is 0. The number of nitrogens with zero attached hydrogens (tertiary/aromatic N) is 1. The molecule has 0 aliphatic carbocycles. The van der Waals surface area contributed by atoms with Crippen LogP contribution in [0.4, 0.5) is 0 Å². The molecule has 0 atom stereocenters. The Morgan fingerprint density at radius 3 is 1.31 bits per heavy atom. The van der Waals surface area contributed by atoms with Crippen molar-refractivity contribution in [1.82, 2.24) is 0 Å². The van der Waals surface area contributed by atoms with Crippen molar-refractivity contribution in [2.75, 3.05) is 19.6 Å². The minimum atomic E-state index is -1.56. The lowest BCUT2D eigenvalue weighted by atomic mass is 10.2. The van der Waals surface area contributed by atoms with Crippen LogP contribution >= 0.6 is 0 Å². The van der Waals surface area contributed by atoms with Gasteiger partial charge in [0, 0.05) is 0 Å². The lowest BCUT2D eigenvalue weighted by molar-refractivity contribution is -1.02. The van der Waals surface area contributed by atoms with Crippen molar-refractivity contribution in [3.05, 3.63) is 0 Å². The first-order valence-corrected chi connectivity index (χ1v) is 4.80. The lowest BCUT2D eigenvalue weighted by Gasteiger charge is -2.44. The lowest BCUT2D eigenvalue weighted by Crippen LogP contribution is -3.00. The summed E-state index contributed by atoms with van der Waals surface area (Å²) in [5.74, 6) is -1.56. The number of halogens is 1. The molecule has 0 aromatic carbocycles. The molecule has 0 saturated heterocycles. The highest BCUT2D eigenvalue weighted by Gasteiger charge is 2.43. The van der Waals surface area contributed by atoms with Gasteiger partial charge in [0.15, 0.2) is 0 Å². The highest BCUT2D eigenvalue weighted by atomic mass is 35.5. The van der Waals surface area contributed by atoms with E-state index in [1.807, 2.05) is 20.8 Å². The van der Waals surface area contributed by atoms with Crippen LogP contribution in [0.15, 0.2) is 0 Å². The van der Waals surface area contributed by atoms with Crippen LogP contribution in [0.25, 0.3) is 0 Å². The maximum atomic E-state index is 9.76. The molecule has 3 nitrogen and oxygen atoms in total. The monoisotopic (exact) mass is 211 g/mol. The first-order chi connectivity index (χ1) is 5.49. The fraction of sp³-hybridized carbons (Fsp3) is 1.00. The molecule has 2 N–H and O–H groups in total. The fourth-order valence-corrected chi connectivity index (χ4v) is 1.77. The third-order valence-electron chi connectivity index (χ3n) is 3.05. The molecule has 0 aromatic heterocycles. The zero-order valence-electron chi connectivity index (χ0n) is 9.05. The molecule has 0 spiro atoms. The Hall–Kier alpha value is 0.170. The summed E-state index contributed by atoms with van der Waals surface area (Å²) in [6.07, 6.45) is 0.377. The van der Waals surface area contributed by atoms with Crippen LogP contribution in [0.1, 0.15) is 34.1 Å². The number of aliphatic hydroxyl groups is 2. The predicted molar refractivity (Wildman–Crippen MR) is 49.3 cm³/mol. The summed E-state index contributed by atoms with van der Waals surface area (Å²) in [5.41, 5.74) is 0. The summed E-state index contributed by atoms with van der Waals surface area (Å²) in [7, 11) is 0. The first kappa shape index (κ1) is 15.6. The molecule has 0 saturated carbocycles. The number of rotatable bonds is 5. The molecule has 0 aliphatic heterocycles. The fourth-order valence-electron chi connectivity index (χ4n) is 1.77. The minimum Gasteiger partial charge on any atom is -1.00 e. The van der Waals surface area contributed by atoms with E-state index in [2.05, 4.69) is 0 Å². The maximum Gasteiger partial charge on any atom is 0.313 e. The van der Waals surface area contributed by atoms with Crippen molar-refractivity contribution < 1.29 is 27.1 Å². The smallest absolute Gasteiger partial charge is 0.313 e. The number of hydrogen-bond donors (Lipinski definition) is 2. The molecule has 0 fully saturated rings. The van der Waals surface area contributed by atoms with Gasteiger partial charge in [0.05, 0.1) is 26.1 Å². The molecule has 82 valence electrons. The molecule has 0 aromatic rings. The van der Waals surface area contributed by atoms with Crippen molar-refractivity contribution in [1.29, 1.82) is 0 Å². The molecular formula is C9H22ClNO2. The Bertz CT molecular complexity index is 127. The van der Waals surface area contributed by atoms with Crippen LogP contribution in [0.5, 0.6) is 0 Å². The maximum absolute atomic E-state index is 9.76. The second-order valence-electron chi connectivity index (χ2n) is 3.22. The van der Waals surface area contributed by atoms with Gasteiger partial charge >= 0.3 is 5.91 Å². The average molecular weight is 212 g/mol. The Balaban J connectivity index is 0. The average Bonchev–Trinajstić information content (AvgIpc) is 2.08. The van der Waals surface area contributed by atoms with E-state index in [-0.39, 0.29) is 12.4 Å². The molecule has 13 heavy (non-hydrogen) atoms. The van der Waals surface area contributed by atoms with E-state index in [4.69, 9.17) is 0 Å². The van der Waals surface area contributed by atoms with E-state index >= 15 is 0 Å². The van der Waals surface area contributed by atoms with Crippen molar-refractivity contribution in [3.8, 4) is 0 Å². The van der Waals surface area contributed by atoms with Crippen molar-refractivity contribution in [2.24, 2.45) is 0 Å². The topological polar surface area (TPSA) is 40.5 Å². The van der Waals surface area contributed by atoms with Gasteiger partial charge in [-0.15, -0.1) is 0 Å². The van der Waals surface area contributed by atoms with Gasteiger partial charge in [-0.1, -0.05) is 6.92 Å². The van der Waals surface area contributed by atoms with E-state index in [1.165, 1.54) is 0 Å². The third-order valence-corrected chi connectivity index (χ3v) is 3.05. The molecule has 0 rings (SSSR count). The Kier molecular flexibility index (Phi) is 6.98. The van der Waals surface area contributed by atoms with E-state index < -0.39 is 5.91 Å². The van der Waals surface area contributed by atoms with Gasteiger partial charge in [-0.25, -0.2) is 0 Å². The Labute approximate surface area is 87.4 Å². The molecular weight excluding hydrogens is 190 g/mol. The molecule has 0 aliphatic rings. The number of quaternary nitrogens is 1. The Morgan fingerprint density at radius 1 is 0.923 bits per heavy atom. The van der Waals surface area contributed by atoms with Crippen LogP contribution in [-0.4, -0.2) is 40.2 Å². The van der Waals surface area contributed by atoms with Gasteiger partial charge in [-0.2, -0.15) is 0 Å². The molecule has 0 bridgehead atoms. The van der Waals surface area contributed by atoms with Gasteiger partial charge in [-0.05, 0) is 20.8 Å². The molecule has 0 unspecified atom stereocenters. The van der Waals surface area contributed by atoms with Gasteiger partial charge in [-0.3, -0.25) is 4.48 Å². The summed E-state index contributed by atoms with van der Waals surface area (Å²) in [6, 6.07) is 0. The van der Waals surface area contributed by atoms with Crippen LogP contribution in [-0.2, 0) is 0 Å². The first-order valence-electron chi connectivity index (χ1n) is 4.80. The van der Waals surface area contributed by atoms with Crippen LogP contribution in [0, 0.1) is 0 Å². The summed E-state index contributed by atoms with van der Waals surface area (Å²) in [6.45, 7) is 10.0. The van der Waals surface area contributed by atoms with E-state index in [0.29, 0.717) is 10.9 Å². The van der Waals surface area contributed by atoms with Gasteiger partial charge < -0.3 is 22.6 Å². The predicted octanol–water partition coefficient (Wildman–Crippen LogP) is -2.08. The van der Waals surface area contributed by atoms with Crippen LogP contribution in [0.2, 0.25) is 0 Å². The zero-order valence-corrected chi connectivity index (χ0v) is 9.80. The molecule has 0 heterocycles. The van der Waals surface area contributed by atoms with Crippen molar-refractivity contribution in [3.63, 3.8) is 0 Å². The van der Waals surface area contributed by atoms with Crippen molar-refractivity contribution >= 4 is 0 Å². The third kappa shape index (κ3) is 2.81. The van der Waals surface area contributed by atoms with Crippen molar-refractivity contribution in [2.45, 2.75) is 40.0 Å². The molecule has 0 amide bonds. The van der Waals surface area contributed by atoms with Crippen LogP contribution in [0.3, 0.4) is 0 Å². The summed E-state index contributed by atoms with van der Waals surface area (Å²) in [5, 5.41) is 19.5. The van der Waals surface area contributed by atoms with Gasteiger partial charge in [0.25, 0.3) is 0 Å². The standard InChI is InChI=1S/C9H22NO2.ClH/c1-5-9(11,12)10(6-2,7-3)8-4;/h11-12H,5-8H2,1-4H3;1H/q+1;/p-1.